The highest BCUT2D eigenvalue weighted by Crippen LogP contribution is 2.10. The minimum absolute atomic E-state index is 0.944. The van der Waals surface area contributed by atoms with Crippen molar-refractivity contribution in [2.24, 2.45) is 0 Å². The van der Waals surface area contributed by atoms with Crippen LogP contribution in [0.15, 0.2) is 53.0 Å². The molecule has 0 fully saturated rings. The van der Waals surface area contributed by atoms with E-state index in [1.165, 1.54) is 10.4 Å². The Kier molecular flexibility index (Phi) is 3.75. The first kappa shape index (κ1) is 13.1. The third kappa shape index (κ3) is 2.58. The quantitative estimate of drug-likeness (QED) is 0.589. The van der Waals surface area contributed by atoms with Crippen LogP contribution in [-0.2, 0) is 0 Å². The highest BCUT2D eigenvalue weighted by Gasteiger charge is 2.25. The van der Waals surface area contributed by atoms with Gasteiger partial charge < -0.3 is 0 Å². The maximum atomic E-state index is 5.39. The molecule has 0 aromatic heterocycles. The lowest BCUT2D eigenvalue weighted by Crippen LogP contribution is -2.52. The molecule has 90 valence electrons. The molecule has 0 N–H and O–H groups in total. The Bertz CT molecular complexity index is 574. The van der Waals surface area contributed by atoms with E-state index in [9.17, 15) is 0 Å². The van der Waals surface area contributed by atoms with Crippen LogP contribution in [0.4, 0.5) is 0 Å². The van der Waals surface area contributed by atoms with Gasteiger partial charge in [-0.2, -0.15) is 0 Å². The average Bonchev–Trinajstić information content (AvgIpc) is 2.39. The van der Waals surface area contributed by atoms with Crippen molar-refractivity contribution in [2.75, 3.05) is 0 Å². The zero-order chi connectivity index (χ0) is 13.2. The van der Waals surface area contributed by atoms with E-state index < -0.39 is 8.07 Å². The summed E-state index contributed by atoms with van der Waals surface area (Å²) in [7, 11) is -1.60. The molecule has 2 heteroatoms. The summed E-state index contributed by atoms with van der Waals surface area (Å²) in [6, 6.07) is 17.1. The molecule has 2 aromatic carbocycles. The lowest BCUT2D eigenvalue weighted by molar-refractivity contribution is 1.63. The number of rotatable bonds is 2. The maximum absolute atomic E-state index is 5.39. The first-order valence-corrected chi connectivity index (χ1v) is 9.66. The van der Waals surface area contributed by atoms with Gasteiger partial charge in [0, 0.05) is 10.0 Å². The average molecular weight is 315 g/mol. The molecule has 0 heterocycles. The van der Waals surface area contributed by atoms with Crippen molar-refractivity contribution in [3.8, 4) is 12.3 Å². The normalized spacial score (nSPS) is 11.0. The second-order valence-corrected chi connectivity index (χ2v) is 10.2. The molecule has 0 amide bonds. The van der Waals surface area contributed by atoms with E-state index in [-0.39, 0.29) is 0 Å². The Hall–Kier alpha value is -1.30. The van der Waals surface area contributed by atoms with Crippen molar-refractivity contribution in [1.82, 2.24) is 0 Å². The standard InChI is InChI=1S/C16H15BrSi/c1-4-13-5-9-15(10-6-13)18(2,3)16-11-7-14(17)8-12-16/h1,5-12H,2-3H3. The second kappa shape index (κ2) is 5.13. The molecule has 0 aliphatic rings. The van der Waals surface area contributed by atoms with Gasteiger partial charge in [0.05, 0.1) is 0 Å². The van der Waals surface area contributed by atoms with Gasteiger partial charge in [-0.05, 0) is 24.3 Å². The summed E-state index contributed by atoms with van der Waals surface area (Å²) in [5, 5.41) is 2.84. The lowest BCUT2D eigenvalue weighted by Gasteiger charge is -2.23. The van der Waals surface area contributed by atoms with E-state index >= 15 is 0 Å². The van der Waals surface area contributed by atoms with Gasteiger partial charge >= 0.3 is 0 Å². The molecule has 18 heavy (non-hydrogen) atoms. The first-order chi connectivity index (χ1) is 8.54. The zero-order valence-corrected chi connectivity index (χ0v) is 13.2. The van der Waals surface area contributed by atoms with E-state index in [1.807, 2.05) is 12.1 Å². The molecule has 0 aliphatic heterocycles. The lowest BCUT2D eigenvalue weighted by atomic mass is 10.2. The van der Waals surface area contributed by atoms with Crippen LogP contribution in [0.5, 0.6) is 0 Å². The molecule has 0 bridgehead atoms. The molecule has 2 rings (SSSR count). The smallest absolute Gasteiger partial charge is 0.112 e. The highest BCUT2D eigenvalue weighted by atomic mass is 79.9. The SMILES string of the molecule is C#Cc1ccc([Si](C)(C)c2ccc(Br)cc2)cc1. The minimum Gasteiger partial charge on any atom is -0.115 e. The molecule has 0 nitrogen and oxygen atoms in total. The van der Waals surface area contributed by atoms with Crippen LogP contribution in [0.25, 0.3) is 0 Å². The number of hydrogen-bond donors (Lipinski definition) is 0. The van der Waals surface area contributed by atoms with Gasteiger partial charge in [-0.15, -0.1) is 6.42 Å². The molecule has 0 aliphatic carbocycles. The van der Waals surface area contributed by atoms with Crippen LogP contribution < -0.4 is 10.4 Å². The van der Waals surface area contributed by atoms with E-state index in [0.717, 1.165) is 10.0 Å². The van der Waals surface area contributed by atoms with Crippen molar-refractivity contribution < 1.29 is 0 Å². The van der Waals surface area contributed by atoms with Crippen LogP contribution in [0.3, 0.4) is 0 Å². The van der Waals surface area contributed by atoms with E-state index in [0.29, 0.717) is 0 Å². The van der Waals surface area contributed by atoms with Crippen molar-refractivity contribution in [3.63, 3.8) is 0 Å². The predicted octanol–water partition coefficient (Wildman–Crippen LogP) is 3.25. The monoisotopic (exact) mass is 314 g/mol. The van der Waals surface area contributed by atoms with Gasteiger partial charge in [0.2, 0.25) is 0 Å². The molecule has 0 radical (unpaired) electrons. The van der Waals surface area contributed by atoms with Crippen LogP contribution in [0.1, 0.15) is 5.56 Å². The predicted molar refractivity (Wildman–Crippen MR) is 85.3 cm³/mol. The minimum atomic E-state index is -1.60. The van der Waals surface area contributed by atoms with Gasteiger partial charge in [-0.25, -0.2) is 0 Å². The fourth-order valence-electron chi connectivity index (χ4n) is 2.02. The summed E-state index contributed by atoms with van der Waals surface area (Å²) in [6.07, 6.45) is 5.39. The molecular weight excluding hydrogens is 300 g/mol. The van der Waals surface area contributed by atoms with Gasteiger partial charge in [0.15, 0.2) is 0 Å². The Morgan fingerprint density at radius 2 is 1.33 bits per heavy atom. The van der Waals surface area contributed by atoms with Crippen LogP contribution >= 0.6 is 15.9 Å². The fourth-order valence-corrected chi connectivity index (χ4v) is 4.61. The highest BCUT2D eigenvalue weighted by molar-refractivity contribution is 9.10. The van der Waals surface area contributed by atoms with Gasteiger partial charge in [0.25, 0.3) is 0 Å². The van der Waals surface area contributed by atoms with E-state index in [2.05, 4.69) is 71.3 Å². The molecule has 0 atom stereocenters. The summed E-state index contributed by atoms with van der Waals surface area (Å²) in [6.45, 7) is 4.72. The molecule has 0 saturated heterocycles. The van der Waals surface area contributed by atoms with Crippen molar-refractivity contribution in [2.45, 2.75) is 13.1 Å². The van der Waals surface area contributed by atoms with Crippen LogP contribution in [0, 0.1) is 12.3 Å². The molecular formula is C16H15BrSi. The summed E-state index contributed by atoms with van der Waals surface area (Å²) in [5.74, 6) is 2.66. The fraction of sp³-hybridized carbons (Fsp3) is 0.125. The zero-order valence-electron chi connectivity index (χ0n) is 10.6. The Labute approximate surface area is 118 Å². The summed E-state index contributed by atoms with van der Waals surface area (Å²) < 4.78 is 1.12. The third-order valence-electron chi connectivity index (χ3n) is 3.34. The second-order valence-electron chi connectivity index (χ2n) is 4.85. The van der Waals surface area contributed by atoms with Crippen molar-refractivity contribution in [1.29, 1.82) is 0 Å². The topological polar surface area (TPSA) is 0 Å². The third-order valence-corrected chi connectivity index (χ3v) is 7.42. The largest absolute Gasteiger partial charge is 0.115 e. The molecule has 0 unspecified atom stereocenters. The number of benzene rings is 2. The Balaban J connectivity index is 2.40. The number of halogens is 1. The van der Waals surface area contributed by atoms with Crippen LogP contribution in [-0.4, -0.2) is 8.07 Å². The van der Waals surface area contributed by atoms with Crippen molar-refractivity contribution >= 4 is 34.4 Å². The summed E-state index contributed by atoms with van der Waals surface area (Å²) in [5.41, 5.74) is 0.944. The van der Waals surface area contributed by atoms with E-state index in [4.69, 9.17) is 6.42 Å². The number of terminal acetylenes is 1. The molecule has 2 aromatic rings. The summed E-state index contributed by atoms with van der Waals surface area (Å²) >= 11 is 3.48. The molecule has 0 spiro atoms. The Morgan fingerprint density at radius 3 is 1.78 bits per heavy atom. The van der Waals surface area contributed by atoms with Crippen LogP contribution in [0.2, 0.25) is 13.1 Å². The van der Waals surface area contributed by atoms with Gasteiger partial charge in [-0.3, -0.25) is 0 Å². The maximum Gasteiger partial charge on any atom is 0.112 e. The summed E-state index contributed by atoms with van der Waals surface area (Å²) in [4.78, 5) is 0. The first-order valence-electron chi connectivity index (χ1n) is 5.87. The van der Waals surface area contributed by atoms with Gasteiger partial charge in [0.1, 0.15) is 8.07 Å². The van der Waals surface area contributed by atoms with E-state index in [1.54, 1.807) is 0 Å². The molecule has 0 saturated carbocycles. The number of hydrogen-bond acceptors (Lipinski definition) is 0. The van der Waals surface area contributed by atoms with Gasteiger partial charge in [-0.1, -0.05) is 69.6 Å². The van der Waals surface area contributed by atoms with Crippen molar-refractivity contribution in [3.05, 3.63) is 58.6 Å². The Morgan fingerprint density at radius 1 is 0.889 bits per heavy atom.